The molecule has 1 amide bonds. The van der Waals surface area contributed by atoms with Gasteiger partial charge in [0.1, 0.15) is 5.82 Å². The minimum absolute atomic E-state index is 0.189. The monoisotopic (exact) mass is 316 g/mol. The highest BCUT2D eigenvalue weighted by Gasteiger charge is 2.34. The molecule has 3 heterocycles. The Bertz CT molecular complexity index is 522. The number of carbonyl (C=O) groups excluding carboxylic acids is 1. The molecule has 2 aliphatic heterocycles. The maximum Gasteiger partial charge on any atom is 0.226 e. The van der Waals surface area contributed by atoms with E-state index >= 15 is 0 Å². The Balaban J connectivity index is 1.56. The number of pyridine rings is 1. The van der Waals surface area contributed by atoms with Crippen molar-refractivity contribution in [2.24, 2.45) is 5.92 Å². The molecule has 3 rings (SSSR count). The molecule has 0 bridgehead atoms. The number of hydrogen-bond donors (Lipinski definition) is 1. The van der Waals surface area contributed by atoms with Gasteiger partial charge in [0, 0.05) is 44.3 Å². The van der Waals surface area contributed by atoms with Crippen molar-refractivity contribution in [3.63, 3.8) is 0 Å². The number of likely N-dealkylation sites (N-methyl/N-ethyl adjacent to an activating group) is 1. The van der Waals surface area contributed by atoms with Gasteiger partial charge < -0.3 is 15.1 Å². The first-order chi connectivity index (χ1) is 11.2. The molecule has 5 heteroatoms. The summed E-state index contributed by atoms with van der Waals surface area (Å²) in [4.78, 5) is 21.8. The van der Waals surface area contributed by atoms with Crippen LogP contribution >= 0.6 is 0 Å². The average molecular weight is 316 g/mol. The van der Waals surface area contributed by atoms with Crippen LogP contribution in [0.5, 0.6) is 0 Å². The Labute approximate surface area is 139 Å². The zero-order valence-electron chi connectivity index (χ0n) is 14.3. The summed E-state index contributed by atoms with van der Waals surface area (Å²) in [7, 11) is 1.97. The molecule has 23 heavy (non-hydrogen) atoms. The van der Waals surface area contributed by atoms with E-state index in [1.165, 1.54) is 5.56 Å². The standard InChI is InChI=1S/C18H28N4O/c1-14-5-6-17(20-12-14)21-10-7-15(8-11-21)18(23)22-9-3-4-16(22)13-19-2/h5-6,12,15-16,19H,3-4,7-11,13H2,1-2H3/t16-/m1/s1. The van der Waals surface area contributed by atoms with Gasteiger partial charge in [0.2, 0.25) is 5.91 Å². The minimum atomic E-state index is 0.189. The number of carbonyl (C=O) groups is 1. The fraction of sp³-hybridized carbons (Fsp3) is 0.667. The number of amides is 1. The Morgan fingerprint density at radius 1 is 1.26 bits per heavy atom. The second kappa shape index (κ2) is 7.30. The first-order valence-corrected chi connectivity index (χ1v) is 8.81. The summed E-state index contributed by atoms with van der Waals surface area (Å²) in [6.45, 7) is 5.76. The molecule has 1 atom stereocenters. The zero-order chi connectivity index (χ0) is 16.2. The number of hydrogen-bond acceptors (Lipinski definition) is 4. The van der Waals surface area contributed by atoms with E-state index in [0.717, 1.165) is 57.7 Å². The lowest BCUT2D eigenvalue weighted by molar-refractivity contribution is -0.136. The summed E-state index contributed by atoms with van der Waals surface area (Å²) in [6, 6.07) is 4.58. The quantitative estimate of drug-likeness (QED) is 0.920. The van der Waals surface area contributed by atoms with E-state index in [1.54, 1.807) is 0 Å². The smallest absolute Gasteiger partial charge is 0.226 e. The molecule has 1 aromatic heterocycles. The van der Waals surface area contributed by atoms with Crippen molar-refractivity contribution in [2.75, 3.05) is 38.1 Å². The van der Waals surface area contributed by atoms with Crippen LogP contribution in [0.4, 0.5) is 5.82 Å². The van der Waals surface area contributed by atoms with Crippen LogP contribution in [0.2, 0.25) is 0 Å². The van der Waals surface area contributed by atoms with Crippen LogP contribution in [-0.2, 0) is 4.79 Å². The summed E-state index contributed by atoms with van der Waals surface area (Å²) < 4.78 is 0. The molecular weight excluding hydrogens is 288 g/mol. The van der Waals surface area contributed by atoms with Crippen LogP contribution < -0.4 is 10.2 Å². The third-order valence-electron chi connectivity index (χ3n) is 5.16. The van der Waals surface area contributed by atoms with Gasteiger partial charge in [-0.2, -0.15) is 0 Å². The molecule has 0 unspecified atom stereocenters. The number of likely N-dealkylation sites (tertiary alicyclic amines) is 1. The number of aromatic nitrogens is 1. The fourth-order valence-electron chi connectivity index (χ4n) is 3.81. The summed E-state index contributed by atoms with van der Waals surface area (Å²) in [6.07, 6.45) is 6.08. The van der Waals surface area contributed by atoms with Gasteiger partial charge >= 0.3 is 0 Å². The van der Waals surface area contributed by atoms with Crippen molar-refractivity contribution in [3.8, 4) is 0 Å². The van der Waals surface area contributed by atoms with Crippen LogP contribution in [0.1, 0.15) is 31.2 Å². The molecule has 2 fully saturated rings. The van der Waals surface area contributed by atoms with Crippen molar-refractivity contribution in [1.29, 1.82) is 0 Å². The fourth-order valence-corrected chi connectivity index (χ4v) is 3.81. The lowest BCUT2D eigenvalue weighted by Gasteiger charge is -2.35. The first kappa shape index (κ1) is 16.2. The summed E-state index contributed by atoms with van der Waals surface area (Å²) in [5.41, 5.74) is 1.18. The van der Waals surface area contributed by atoms with Gasteiger partial charge in [-0.25, -0.2) is 4.98 Å². The highest BCUT2D eigenvalue weighted by atomic mass is 16.2. The highest BCUT2D eigenvalue weighted by Crippen LogP contribution is 2.26. The molecule has 1 N–H and O–H groups in total. The number of nitrogens with one attached hydrogen (secondary N) is 1. The largest absolute Gasteiger partial charge is 0.357 e. The van der Waals surface area contributed by atoms with E-state index in [9.17, 15) is 4.79 Å². The Morgan fingerprint density at radius 3 is 2.70 bits per heavy atom. The van der Waals surface area contributed by atoms with E-state index in [-0.39, 0.29) is 5.92 Å². The number of anilines is 1. The van der Waals surface area contributed by atoms with E-state index in [0.29, 0.717) is 11.9 Å². The summed E-state index contributed by atoms with van der Waals surface area (Å²) in [5, 5.41) is 3.22. The molecule has 0 saturated carbocycles. The minimum Gasteiger partial charge on any atom is -0.357 e. The van der Waals surface area contributed by atoms with Crippen LogP contribution in [0.25, 0.3) is 0 Å². The van der Waals surface area contributed by atoms with E-state index in [4.69, 9.17) is 0 Å². The number of aryl methyl sites for hydroxylation is 1. The molecule has 126 valence electrons. The molecule has 0 spiro atoms. The molecule has 2 saturated heterocycles. The number of rotatable bonds is 4. The van der Waals surface area contributed by atoms with Crippen LogP contribution in [0.3, 0.4) is 0 Å². The van der Waals surface area contributed by atoms with Crippen LogP contribution in [0.15, 0.2) is 18.3 Å². The lowest BCUT2D eigenvalue weighted by atomic mass is 9.95. The van der Waals surface area contributed by atoms with Crippen molar-refractivity contribution in [3.05, 3.63) is 23.9 Å². The Morgan fingerprint density at radius 2 is 2.04 bits per heavy atom. The molecule has 1 aromatic rings. The topological polar surface area (TPSA) is 48.5 Å². The first-order valence-electron chi connectivity index (χ1n) is 8.81. The average Bonchev–Trinajstić information content (AvgIpc) is 3.04. The number of piperidine rings is 1. The maximum absolute atomic E-state index is 12.8. The molecular formula is C18H28N4O. The SMILES string of the molecule is CNC[C@H]1CCCN1C(=O)C1CCN(c2ccc(C)cn2)CC1. The van der Waals surface area contributed by atoms with Crippen molar-refractivity contribution >= 4 is 11.7 Å². The van der Waals surface area contributed by atoms with Crippen LogP contribution in [0, 0.1) is 12.8 Å². The third-order valence-corrected chi connectivity index (χ3v) is 5.16. The van der Waals surface area contributed by atoms with E-state index in [1.807, 2.05) is 13.2 Å². The van der Waals surface area contributed by atoms with E-state index < -0.39 is 0 Å². The summed E-state index contributed by atoms with van der Waals surface area (Å²) in [5.74, 6) is 1.60. The zero-order valence-corrected chi connectivity index (χ0v) is 14.3. The third kappa shape index (κ3) is 3.66. The molecule has 0 aromatic carbocycles. The van der Waals surface area contributed by atoms with Gasteiger partial charge in [-0.3, -0.25) is 4.79 Å². The molecule has 5 nitrogen and oxygen atoms in total. The second-order valence-electron chi connectivity index (χ2n) is 6.84. The van der Waals surface area contributed by atoms with Gasteiger partial charge in [-0.1, -0.05) is 6.07 Å². The molecule has 0 aliphatic carbocycles. The van der Waals surface area contributed by atoms with Gasteiger partial charge in [0.05, 0.1) is 0 Å². The van der Waals surface area contributed by atoms with Gasteiger partial charge in [0.25, 0.3) is 0 Å². The highest BCUT2D eigenvalue weighted by molar-refractivity contribution is 5.79. The van der Waals surface area contributed by atoms with Gasteiger partial charge in [-0.15, -0.1) is 0 Å². The van der Waals surface area contributed by atoms with Gasteiger partial charge in [-0.05, 0) is 51.3 Å². The van der Waals surface area contributed by atoms with Crippen LogP contribution in [-0.4, -0.2) is 55.1 Å². The second-order valence-corrected chi connectivity index (χ2v) is 6.84. The van der Waals surface area contributed by atoms with Gasteiger partial charge in [0.15, 0.2) is 0 Å². The van der Waals surface area contributed by atoms with Crippen molar-refractivity contribution < 1.29 is 4.79 Å². The molecule has 0 radical (unpaired) electrons. The van der Waals surface area contributed by atoms with Crippen molar-refractivity contribution in [2.45, 2.75) is 38.6 Å². The van der Waals surface area contributed by atoms with Crippen molar-refractivity contribution in [1.82, 2.24) is 15.2 Å². The molecule has 2 aliphatic rings. The Kier molecular flexibility index (Phi) is 5.16. The maximum atomic E-state index is 12.8. The van der Waals surface area contributed by atoms with E-state index in [2.05, 4.69) is 39.2 Å². The number of nitrogens with zero attached hydrogens (tertiary/aromatic N) is 3. The Hall–Kier alpha value is -1.62. The predicted octanol–water partition coefficient (Wildman–Crippen LogP) is 1.82. The normalized spacial score (nSPS) is 22.6. The lowest BCUT2D eigenvalue weighted by Crippen LogP contribution is -2.46. The predicted molar refractivity (Wildman–Crippen MR) is 92.6 cm³/mol. The summed E-state index contributed by atoms with van der Waals surface area (Å²) >= 11 is 0.